The second-order valence-electron chi connectivity index (χ2n) is 4.71. The van der Waals surface area contributed by atoms with Crippen LogP contribution in [0.15, 0.2) is 24.4 Å². The van der Waals surface area contributed by atoms with Crippen LogP contribution in [0, 0.1) is 6.92 Å². The molecule has 0 bridgehead atoms. The molecule has 1 aromatic carbocycles. The van der Waals surface area contributed by atoms with Gasteiger partial charge in [0.25, 0.3) is 0 Å². The zero-order valence-corrected chi connectivity index (χ0v) is 12.1. The molecule has 3 nitrogen and oxygen atoms in total. The van der Waals surface area contributed by atoms with Crippen molar-refractivity contribution in [3.8, 4) is 5.75 Å². The largest absolute Gasteiger partial charge is 0.493 e. The molecule has 1 N–H and O–H groups in total. The molecule has 0 spiro atoms. The zero-order chi connectivity index (χ0) is 13.2. The number of para-hydroxylation sites is 1. The van der Waals surface area contributed by atoms with Crippen LogP contribution in [-0.4, -0.2) is 18.1 Å². The molecular weight excluding hydrogens is 256 g/mol. The molecule has 1 atom stereocenters. The van der Waals surface area contributed by atoms with E-state index in [1.54, 1.807) is 11.3 Å². The normalized spacial score (nSPS) is 15.1. The topological polar surface area (TPSA) is 34.2 Å². The highest BCUT2D eigenvalue weighted by atomic mass is 32.1. The quantitative estimate of drug-likeness (QED) is 0.930. The van der Waals surface area contributed by atoms with Crippen molar-refractivity contribution in [3.63, 3.8) is 0 Å². The number of hydrogen-bond acceptors (Lipinski definition) is 4. The van der Waals surface area contributed by atoms with E-state index in [4.69, 9.17) is 4.74 Å². The van der Waals surface area contributed by atoms with Crippen LogP contribution < -0.4 is 10.1 Å². The van der Waals surface area contributed by atoms with Crippen molar-refractivity contribution in [3.05, 3.63) is 45.4 Å². The number of nitrogens with one attached hydrogen (secondary N) is 1. The third-order valence-electron chi connectivity index (χ3n) is 3.39. The predicted octanol–water partition coefficient (Wildman–Crippen LogP) is 3.09. The fourth-order valence-electron chi connectivity index (χ4n) is 2.55. The number of nitrogens with zero attached hydrogens (tertiary/aromatic N) is 1. The fraction of sp³-hybridized carbons (Fsp3) is 0.400. The van der Waals surface area contributed by atoms with Crippen LogP contribution in [0.2, 0.25) is 0 Å². The van der Waals surface area contributed by atoms with Gasteiger partial charge < -0.3 is 10.1 Å². The van der Waals surface area contributed by atoms with E-state index in [0.717, 1.165) is 30.3 Å². The van der Waals surface area contributed by atoms with Crippen LogP contribution in [0.5, 0.6) is 5.75 Å². The molecule has 1 aliphatic heterocycles. The Bertz CT molecular complexity index is 579. The number of rotatable bonds is 4. The maximum atomic E-state index is 5.83. The minimum absolute atomic E-state index is 0.184. The second-order valence-corrected chi connectivity index (χ2v) is 5.97. The van der Waals surface area contributed by atoms with Crippen molar-refractivity contribution in [2.45, 2.75) is 26.3 Å². The molecule has 1 unspecified atom stereocenters. The molecule has 0 amide bonds. The Labute approximate surface area is 117 Å². The Morgan fingerprint density at radius 1 is 1.47 bits per heavy atom. The van der Waals surface area contributed by atoms with Gasteiger partial charge in [-0.25, -0.2) is 4.98 Å². The number of aromatic nitrogens is 1. The van der Waals surface area contributed by atoms with E-state index in [2.05, 4.69) is 35.4 Å². The Balaban J connectivity index is 2.03. The summed E-state index contributed by atoms with van der Waals surface area (Å²) in [5, 5.41) is 4.65. The van der Waals surface area contributed by atoms with E-state index in [1.165, 1.54) is 16.0 Å². The molecule has 1 aliphatic rings. The van der Waals surface area contributed by atoms with Crippen molar-refractivity contribution >= 4 is 11.3 Å². The third-order valence-corrected chi connectivity index (χ3v) is 4.37. The number of hydrogen-bond donors (Lipinski definition) is 1. The highest BCUT2D eigenvalue weighted by Crippen LogP contribution is 2.37. The first-order valence-corrected chi connectivity index (χ1v) is 7.51. The lowest BCUT2D eigenvalue weighted by Gasteiger charge is -2.19. The van der Waals surface area contributed by atoms with Crippen LogP contribution >= 0.6 is 11.3 Å². The SMILES string of the molecule is CCNC(c1cnc(C)s1)c1cccc2c1OCC2. The van der Waals surface area contributed by atoms with Gasteiger partial charge in [-0.15, -0.1) is 11.3 Å². The predicted molar refractivity (Wildman–Crippen MR) is 78.0 cm³/mol. The number of ether oxygens (including phenoxy) is 1. The van der Waals surface area contributed by atoms with E-state index >= 15 is 0 Å². The van der Waals surface area contributed by atoms with Gasteiger partial charge >= 0.3 is 0 Å². The van der Waals surface area contributed by atoms with E-state index in [1.807, 2.05) is 13.1 Å². The summed E-state index contributed by atoms with van der Waals surface area (Å²) in [6.07, 6.45) is 2.99. The van der Waals surface area contributed by atoms with Gasteiger partial charge in [0.2, 0.25) is 0 Å². The minimum Gasteiger partial charge on any atom is -0.493 e. The highest BCUT2D eigenvalue weighted by molar-refractivity contribution is 7.11. The minimum atomic E-state index is 0.184. The van der Waals surface area contributed by atoms with Crippen LogP contribution in [0.1, 0.15) is 34.0 Å². The lowest BCUT2D eigenvalue weighted by Crippen LogP contribution is -2.21. The Kier molecular flexibility index (Phi) is 3.53. The fourth-order valence-corrected chi connectivity index (χ4v) is 3.43. The highest BCUT2D eigenvalue weighted by Gasteiger charge is 2.24. The lowest BCUT2D eigenvalue weighted by molar-refractivity contribution is 0.351. The summed E-state index contributed by atoms with van der Waals surface area (Å²) in [7, 11) is 0. The van der Waals surface area contributed by atoms with Gasteiger partial charge in [0.15, 0.2) is 0 Å². The summed E-state index contributed by atoms with van der Waals surface area (Å²) in [5.74, 6) is 1.07. The average molecular weight is 274 g/mol. The van der Waals surface area contributed by atoms with Crippen molar-refractivity contribution < 1.29 is 4.74 Å². The number of aryl methyl sites for hydroxylation is 1. The smallest absolute Gasteiger partial charge is 0.127 e. The number of benzene rings is 1. The van der Waals surface area contributed by atoms with Crippen LogP contribution in [0.3, 0.4) is 0 Å². The van der Waals surface area contributed by atoms with Gasteiger partial charge in [-0.1, -0.05) is 25.1 Å². The summed E-state index contributed by atoms with van der Waals surface area (Å²) in [4.78, 5) is 5.63. The van der Waals surface area contributed by atoms with Gasteiger partial charge in [0.05, 0.1) is 17.7 Å². The van der Waals surface area contributed by atoms with Crippen LogP contribution in [0.25, 0.3) is 0 Å². The summed E-state index contributed by atoms with van der Waals surface area (Å²) >= 11 is 1.75. The zero-order valence-electron chi connectivity index (χ0n) is 11.3. The van der Waals surface area contributed by atoms with Gasteiger partial charge in [0, 0.05) is 23.1 Å². The lowest BCUT2D eigenvalue weighted by atomic mass is 10.0. The molecule has 0 aliphatic carbocycles. The van der Waals surface area contributed by atoms with Gasteiger partial charge in [-0.3, -0.25) is 0 Å². The van der Waals surface area contributed by atoms with E-state index in [0.29, 0.717) is 0 Å². The van der Waals surface area contributed by atoms with Gasteiger partial charge in [0.1, 0.15) is 5.75 Å². The first kappa shape index (κ1) is 12.6. The standard InChI is InChI=1S/C15H18N2OS/c1-3-16-14(13-9-17-10(2)19-13)12-6-4-5-11-7-8-18-15(11)12/h4-6,9,14,16H,3,7-8H2,1-2H3. The monoisotopic (exact) mass is 274 g/mol. The third kappa shape index (κ3) is 2.38. The van der Waals surface area contributed by atoms with Crippen molar-refractivity contribution in [1.29, 1.82) is 0 Å². The molecular formula is C15H18N2OS. The summed E-state index contributed by atoms with van der Waals surface area (Å²) in [6, 6.07) is 6.63. The van der Waals surface area contributed by atoms with Crippen LogP contribution in [0.4, 0.5) is 0 Å². The van der Waals surface area contributed by atoms with Gasteiger partial charge in [-0.05, 0) is 19.0 Å². The Morgan fingerprint density at radius 3 is 3.11 bits per heavy atom. The second kappa shape index (κ2) is 5.31. The van der Waals surface area contributed by atoms with Crippen LogP contribution in [-0.2, 0) is 6.42 Å². The van der Waals surface area contributed by atoms with E-state index < -0.39 is 0 Å². The Morgan fingerprint density at radius 2 is 2.37 bits per heavy atom. The molecule has 3 rings (SSSR count). The summed E-state index contributed by atoms with van der Waals surface area (Å²) in [6.45, 7) is 5.90. The van der Waals surface area contributed by atoms with Crippen molar-refractivity contribution in [2.24, 2.45) is 0 Å². The van der Waals surface area contributed by atoms with E-state index in [9.17, 15) is 0 Å². The molecule has 0 fully saturated rings. The maximum absolute atomic E-state index is 5.83. The first-order chi connectivity index (χ1) is 9.29. The summed E-state index contributed by atoms with van der Waals surface area (Å²) in [5.41, 5.74) is 2.56. The molecule has 19 heavy (non-hydrogen) atoms. The average Bonchev–Trinajstić information content (AvgIpc) is 3.04. The number of thiazole rings is 1. The molecule has 2 aromatic rings. The summed E-state index contributed by atoms with van der Waals surface area (Å²) < 4.78 is 5.83. The molecule has 0 saturated carbocycles. The molecule has 2 heterocycles. The molecule has 4 heteroatoms. The first-order valence-electron chi connectivity index (χ1n) is 6.70. The van der Waals surface area contributed by atoms with E-state index in [-0.39, 0.29) is 6.04 Å². The van der Waals surface area contributed by atoms with Gasteiger partial charge in [-0.2, -0.15) is 0 Å². The molecule has 0 radical (unpaired) electrons. The molecule has 0 saturated heterocycles. The van der Waals surface area contributed by atoms with Crippen molar-refractivity contribution in [1.82, 2.24) is 10.3 Å². The Hall–Kier alpha value is -1.39. The molecule has 1 aromatic heterocycles. The number of fused-ring (bicyclic) bond motifs is 1. The maximum Gasteiger partial charge on any atom is 0.127 e. The molecule has 100 valence electrons. The van der Waals surface area contributed by atoms with Crippen molar-refractivity contribution in [2.75, 3.05) is 13.2 Å².